The molecule has 0 aliphatic rings. The lowest BCUT2D eigenvalue weighted by molar-refractivity contribution is -0.126. The molecule has 0 saturated carbocycles. The van der Waals surface area contributed by atoms with Gasteiger partial charge in [-0.25, -0.2) is 0 Å². The molecule has 1 amide bonds. The lowest BCUT2D eigenvalue weighted by Crippen LogP contribution is -2.20. The van der Waals surface area contributed by atoms with Crippen LogP contribution in [0.5, 0.6) is 0 Å². The number of hydrogen-bond acceptors (Lipinski definition) is 1. The van der Waals surface area contributed by atoms with Crippen LogP contribution in [0.2, 0.25) is 10.0 Å². The van der Waals surface area contributed by atoms with Gasteiger partial charge in [0.15, 0.2) is 0 Å². The van der Waals surface area contributed by atoms with E-state index in [1.54, 1.807) is 0 Å². The summed E-state index contributed by atoms with van der Waals surface area (Å²) in [5.74, 6) is -1.42. The Hall–Kier alpha value is -0.390. The third kappa shape index (κ3) is 3.03. The lowest BCUT2D eigenvalue weighted by Gasteiger charge is -2.08. The molecule has 1 N–H and O–H groups in total. The summed E-state index contributed by atoms with van der Waals surface area (Å²) in [7, 11) is 0. The Morgan fingerprint density at radius 3 is 2.47 bits per heavy atom. The highest BCUT2D eigenvalue weighted by atomic mass is 79.9. The zero-order valence-corrected chi connectivity index (χ0v) is 10.1. The van der Waals surface area contributed by atoms with Crippen LogP contribution >= 0.6 is 39.1 Å². The van der Waals surface area contributed by atoms with Crippen molar-refractivity contribution in [2.75, 3.05) is 5.32 Å². The van der Waals surface area contributed by atoms with Crippen molar-refractivity contribution >= 4 is 50.7 Å². The maximum absolute atomic E-state index is 11.9. The minimum Gasteiger partial charge on any atom is -0.320 e. The van der Waals surface area contributed by atoms with Crippen molar-refractivity contribution in [2.45, 2.75) is 6.43 Å². The van der Waals surface area contributed by atoms with Crippen LogP contribution in [0.1, 0.15) is 0 Å². The SMILES string of the molecule is O=C(Nc1ccc(Br)c(Cl)c1Cl)C(F)F. The maximum Gasteiger partial charge on any atom is 0.315 e. The average molecular weight is 319 g/mol. The summed E-state index contributed by atoms with van der Waals surface area (Å²) >= 11 is 14.6. The standard InChI is InChI=1S/C8H4BrCl2F2NO/c9-3-1-2-4(6(11)5(3)10)14-8(15)7(12)13/h1-2,7H,(H,14,15). The van der Waals surface area contributed by atoms with E-state index in [1.165, 1.54) is 12.1 Å². The average Bonchev–Trinajstić information content (AvgIpc) is 2.18. The van der Waals surface area contributed by atoms with Crippen LogP contribution in [0, 0.1) is 0 Å². The third-order valence-corrected chi connectivity index (χ3v) is 3.26. The van der Waals surface area contributed by atoms with Gasteiger partial charge in [0.05, 0.1) is 15.7 Å². The highest BCUT2D eigenvalue weighted by molar-refractivity contribution is 9.10. The second-order valence-corrected chi connectivity index (χ2v) is 4.12. The quantitative estimate of drug-likeness (QED) is 0.822. The van der Waals surface area contributed by atoms with E-state index in [2.05, 4.69) is 15.9 Å². The molecule has 0 radical (unpaired) electrons. The van der Waals surface area contributed by atoms with E-state index in [9.17, 15) is 13.6 Å². The number of alkyl halides is 2. The van der Waals surface area contributed by atoms with Gasteiger partial charge in [-0.15, -0.1) is 0 Å². The molecule has 0 heterocycles. The third-order valence-electron chi connectivity index (χ3n) is 1.49. The summed E-state index contributed by atoms with van der Waals surface area (Å²) in [6.07, 6.45) is -3.09. The number of anilines is 1. The summed E-state index contributed by atoms with van der Waals surface area (Å²) in [6.45, 7) is 0. The smallest absolute Gasteiger partial charge is 0.315 e. The molecule has 1 aromatic rings. The van der Waals surface area contributed by atoms with Gasteiger partial charge < -0.3 is 5.32 Å². The van der Waals surface area contributed by atoms with Crippen molar-refractivity contribution in [2.24, 2.45) is 0 Å². The Morgan fingerprint density at radius 2 is 1.93 bits per heavy atom. The molecule has 15 heavy (non-hydrogen) atoms. The molecular weight excluding hydrogens is 315 g/mol. The number of nitrogens with one attached hydrogen (secondary N) is 1. The Morgan fingerprint density at radius 1 is 1.33 bits per heavy atom. The van der Waals surface area contributed by atoms with E-state index in [1.807, 2.05) is 5.32 Å². The van der Waals surface area contributed by atoms with E-state index < -0.39 is 12.3 Å². The summed E-state index contributed by atoms with van der Waals surface area (Å²) in [4.78, 5) is 10.7. The zero-order valence-electron chi connectivity index (χ0n) is 7.03. The number of benzene rings is 1. The topological polar surface area (TPSA) is 29.1 Å². The lowest BCUT2D eigenvalue weighted by atomic mass is 10.3. The van der Waals surface area contributed by atoms with Crippen LogP contribution in [0.25, 0.3) is 0 Å². The number of halogens is 5. The summed E-state index contributed by atoms with van der Waals surface area (Å²) in [6, 6.07) is 2.87. The molecule has 0 aliphatic heterocycles. The van der Waals surface area contributed by atoms with E-state index in [-0.39, 0.29) is 15.7 Å². The fourth-order valence-corrected chi connectivity index (χ4v) is 1.63. The van der Waals surface area contributed by atoms with Crippen LogP contribution in [0.4, 0.5) is 14.5 Å². The molecule has 0 atom stereocenters. The highest BCUT2D eigenvalue weighted by Gasteiger charge is 2.17. The Balaban J connectivity index is 2.97. The predicted molar refractivity (Wildman–Crippen MR) is 58.8 cm³/mol. The molecular formula is C8H4BrCl2F2NO. The molecule has 0 bridgehead atoms. The highest BCUT2D eigenvalue weighted by Crippen LogP contribution is 2.35. The summed E-state index contributed by atoms with van der Waals surface area (Å²) < 4.78 is 24.4. The first-order chi connectivity index (χ1) is 6.93. The maximum atomic E-state index is 11.9. The summed E-state index contributed by atoms with van der Waals surface area (Å²) in [5, 5.41) is 2.12. The number of rotatable bonds is 2. The molecule has 2 nitrogen and oxygen atoms in total. The van der Waals surface area contributed by atoms with Gasteiger partial charge >= 0.3 is 6.43 Å². The van der Waals surface area contributed by atoms with E-state index in [0.29, 0.717) is 4.47 Å². The Bertz CT molecular complexity index is 400. The second kappa shape index (κ2) is 5.09. The predicted octanol–water partition coefficient (Wildman–Crippen LogP) is 3.96. The van der Waals surface area contributed by atoms with E-state index in [4.69, 9.17) is 23.2 Å². The molecule has 82 valence electrons. The first-order valence-electron chi connectivity index (χ1n) is 3.66. The van der Waals surface area contributed by atoms with Gasteiger partial charge in [0, 0.05) is 4.47 Å². The number of carbonyl (C=O) groups excluding carboxylic acids is 1. The van der Waals surface area contributed by atoms with Gasteiger partial charge in [0.1, 0.15) is 0 Å². The van der Waals surface area contributed by atoms with Crippen molar-refractivity contribution in [1.82, 2.24) is 0 Å². The van der Waals surface area contributed by atoms with Gasteiger partial charge in [0.2, 0.25) is 0 Å². The van der Waals surface area contributed by atoms with Gasteiger partial charge in [0.25, 0.3) is 5.91 Å². The van der Waals surface area contributed by atoms with Crippen molar-refractivity contribution in [3.8, 4) is 0 Å². The monoisotopic (exact) mass is 317 g/mol. The van der Waals surface area contributed by atoms with Crippen LogP contribution in [-0.2, 0) is 4.79 Å². The normalized spacial score (nSPS) is 10.5. The Kier molecular flexibility index (Phi) is 4.31. The fourth-order valence-electron chi connectivity index (χ4n) is 0.810. The molecule has 0 aromatic heterocycles. The van der Waals surface area contributed by atoms with Crippen molar-refractivity contribution < 1.29 is 13.6 Å². The minimum atomic E-state index is -3.09. The zero-order chi connectivity index (χ0) is 11.6. The van der Waals surface area contributed by atoms with Crippen LogP contribution in [0.3, 0.4) is 0 Å². The van der Waals surface area contributed by atoms with Crippen molar-refractivity contribution in [1.29, 1.82) is 0 Å². The molecule has 1 rings (SSSR count). The van der Waals surface area contributed by atoms with Crippen LogP contribution in [-0.4, -0.2) is 12.3 Å². The number of hydrogen-bond donors (Lipinski definition) is 1. The van der Waals surface area contributed by atoms with Gasteiger partial charge in [-0.2, -0.15) is 8.78 Å². The van der Waals surface area contributed by atoms with Gasteiger partial charge in [-0.05, 0) is 28.1 Å². The first-order valence-corrected chi connectivity index (χ1v) is 5.21. The Labute approximate surface area is 103 Å². The summed E-state index contributed by atoms with van der Waals surface area (Å²) in [5.41, 5.74) is 0.0511. The molecule has 1 aromatic carbocycles. The number of amides is 1. The molecule has 0 unspecified atom stereocenters. The largest absolute Gasteiger partial charge is 0.320 e. The number of carbonyl (C=O) groups is 1. The first kappa shape index (κ1) is 12.7. The fraction of sp³-hybridized carbons (Fsp3) is 0.125. The van der Waals surface area contributed by atoms with Gasteiger partial charge in [-0.1, -0.05) is 23.2 Å². The molecule has 0 aliphatic carbocycles. The molecule has 0 spiro atoms. The van der Waals surface area contributed by atoms with Gasteiger partial charge in [-0.3, -0.25) is 4.79 Å². The molecule has 0 fully saturated rings. The van der Waals surface area contributed by atoms with Crippen LogP contribution < -0.4 is 5.32 Å². The second-order valence-electron chi connectivity index (χ2n) is 2.51. The minimum absolute atomic E-state index is 0.0139. The van der Waals surface area contributed by atoms with Crippen molar-refractivity contribution in [3.63, 3.8) is 0 Å². The molecule has 0 saturated heterocycles. The van der Waals surface area contributed by atoms with Crippen LogP contribution in [0.15, 0.2) is 16.6 Å². The molecule has 7 heteroatoms. The van der Waals surface area contributed by atoms with E-state index in [0.717, 1.165) is 0 Å². The van der Waals surface area contributed by atoms with Crippen molar-refractivity contribution in [3.05, 3.63) is 26.7 Å². The van der Waals surface area contributed by atoms with E-state index >= 15 is 0 Å².